The van der Waals surface area contributed by atoms with E-state index in [9.17, 15) is 8.42 Å². The van der Waals surface area contributed by atoms with E-state index < -0.39 is 15.3 Å². The lowest BCUT2D eigenvalue weighted by molar-refractivity contribution is 0.414. The quantitative estimate of drug-likeness (QED) is 0.806. The normalized spacial score (nSPS) is 13.0. The molecule has 0 aliphatic rings. The number of ether oxygens (including phenoxy) is 1. The van der Waals surface area contributed by atoms with Gasteiger partial charge in [0.25, 0.3) is 0 Å². The van der Waals surface area contributed by atoms with E-state index in [1.165, 1.54) is 6.33 Å². The molecule has 0 saturated carbocycles. The van der Waals surface area contributed by atoms with Crippen molar-refractivity contribution in [3.8, 4) is 5.75 Å². The predicted molar refractivity (Wildman–Crippen MR) is 82.9 cm³/mol. The van der Waals surface area contributed by atoms with Gasteiger partial charge in [-0.25, -0.2) is 18.5 Å². The fourth-order valence-corrected chi connectivity index (χ4v) is 3.04. The summed E-state index contributed by atoms with van der Waals surface area (Å²) < 4.78 is 30.2. The van der Waals surface area contributed by atoms with Gasteiger partial charge in [0.15, 0.2) is 0 Å². The minimum absolute atomic E-state index is 0.255. The van der Waals surface area contributed by atoms with E-state index in [1.54, 1.807) is 18.8 Å². The second-order valence-electron chi connectivity index (χ2n) is 5.10. The highest BCUT2D eigenvalue weighted by Crippen LogP contribution is 2.16. The van der Waals surface area contributed by atoms with Gasteiger partial charge >= 0.3 is 0 Å². The molecule has 0 radical (unpaired) electrons. The van der Waals surface area contributed by atoms with Crippen LogP contribution in [0.15, 0.2) is 30.6 Å². The van der Waals surface area contributed by atoms with Gasteiger partial charge in [0.2, 0.25) is 10.0 Å². The molecule has 0 aliphatic carbocycles. The van der Waals surface area contributed by atoms with Gasteiger partial charge in [0.05, 0.1) is 12.4 Å². The summed E-state index contributed by atoms with van der Waals surface area (Å²) in [6.45, 7) is 0. The predicted octanol–water partition coefficient (Wildman–Crippen LogP) is 0.656. The van der Waals surface area contributed by atoms with Crippen LogP contribution in [0, 0.1) is 0 Å². The summed E-state index contributed by atoms with van der Waals surface area (Å²) in [5.74, 6) is 1.37. The average molecular weight is 324 g/mol. The minimum Gasteiger partial charge on any atom is -0.497 e. The van der Waals surface area contributed by atoms with Crippen LogP contribution in [0.25, 0.3) is 0 Å². The van der Waals surface area contributed by atoms with Gasteiger partial charge in [-0.2, -0.15) is 5.10 Å². The van der Waals surface area contributed by atoms with Crippen molar-refractivity contribution < 1.29 is 13.2 Å². The van der Waals surface area contributed by atoms with E-state index in [1.807, 2.05) is 24.3 Å². The van der Waals surface area contributed by atoms with E-state index in [4.69, 9.17) is 9.88 Å². The monoisotopic (exact) mass is 324 g/mol. The molecule has 8 heteroatoms. The zero-order valence-corrected chi connectivity index (χ0v) is 13.5. The van der Waals surface area contributed by atoms with E-state index >= 15 is 0 Å². The number of rotatable bonds is 7. The standard InChI is InChI=1S/C14H20N4O3S/c1-18-14(16-10-17-18)9-13(22(15,19)20)8-5-11-3-6-12(21-2)7-4-11/h3-4,6-7,10,13H,5,8-9H2,1-2H3,(H2,15,19,20). The molecule has 2 rings (SSSR count). The average Bonchev–Trinajstić information content (AvgIpc) is 2.88. The fourth-order valence-electron chi connectivity index (χ4n) is 2.21. The van der Waals surface area contributed by atoms with Crippen molar-refractivity contribution in [2.45, 2.75) is 24.5 Å². The van der Waals surface area contributed by atoms with Gasteiger partial charge in [-0.15, -0.1) is 0 Å². The first-order chi connectivity index (χ1) is 10.4. The fraction of sp³-hybridized carbons (Fsp3) is 0.429. The van der Waals surface area contributed by atoms with Gasteiger partial charge in [0, 0.05) is 13.5 Å². The number of aromatic nitrogens is 3. The van der Waals surface area contributed by atoms with Crippen LogP contribution in [0.5, 0.6) is 5.75 Å². The smallest absolute Gasteiger partial charge is 0.212 e. The molecule has 2 N–H and O–H groups in total. The maximum absolute atomic E-state index is 11.8. The molecule has 0 fully saturated rings. The summed E-state index contributed by atoms with van der Waals surface area (Å²) in [5, 5.41) is 8.61. The molecule has 0 saturated heterocycles. The lowest BCUT2D eigenvalue weighted by Crippen LogP contribution is -2.32. The van der Waals surface area contributed by atoms with Crippen LogP contribution < -0.4 is 9.88 Å². The summed E-state index contributed by atoms with van der Waals surface area (Å²) in [4.78, 5) is 4.06. The molecule has 1 aromatic carbocycles. The van der Waals surface area contributed by atoms with Crippen LogP contribution >= 0.6 is 0 Å². The summed E-state index contributed by atoms with van der Waals surface area (Å²) >= 11 is 0. The minimum atomic E-state index is -3.65. The Morgan fingerprint density at radius 3 is 2.50 bits per heavy atom. The Balaban J connectivity index is 2.05. The molecule has 1 aromatic heterocycles. The molecule has 120 valence electrons. The summed E-state index contributed by atoms with van der Waals surface area (Å²) in [6.07, 6.45) is 2.70. The van der Waals surface area contributed by atoms with Crippen LogP contribution in [-0.4, -0.2) is 35.5 Å². The molecule has 0 spiro atoms. The Labute approximate surface area is 130 Å². The molecule has 2 aromatic rings. The van der Waals surface area contributed by atoms with Crippen LogP contribution in [0.1, 0.15) is 17.8 Å². The molecule has 7 nitrogen and oxygen atoms in total. The molecule has 1 unspecified atom stereocenters. The first kappa shape index (κ1) is 16.4. The summed E-state index contributed by atoms with van der Waals surface area (Å²) in [6, 6.07) is 7.54. The van der Waals surface area contributed by atoms with Crippen LogP contribution in [0.4, 0.5) is 0 Å². The molecule has 22 heavy (non-hydrogen) atoms. The molecule has 1 atom stereocenters. The van der Waals surface area contributed by atoms with Crippen molar-refractivity contribution in [1.29, 1.82) is 0 Å². The number of aryl methyl sites for hydroxylation is 2. The second-order valence-corrected chi connectivity index (χ2v) is 6.95. The number of hydrogen-bond acceptors (Lipinski definition) is 5. The number of nitrogens with zero attached hydrogens (tertiary/aromatic N) is 3. The Kier molecular flexibility index (Phi) is 5.15. The van der Waals surface area contributed by atoms with E-state index in [0.29, 0.717) is 18.7 Å². The zero-order chi connectivity index (χ0) is 16.2. The number of methoxy groups -OCH3 is 1. The lowest BCUT2D eigenvalue weighted by Gasteiger charge is -2.14. The number of nitrogens with two attached hydrogens (primary N) is 1. The molecule has 1 heterocycles. The number of primary sulfonamides is 1. The SMILES string of the molecule is COc1ccc(CCC(Cc2ncnn2C)S(N)(=O)=O)cc1. The maximum atomic E-state index is 11.8. The third-order valence-electron chi connectivity index (χ3n) is 3.59. The van der Waals surface area contributed by atoms with E-state index in [2.05, 4.69) is 10.1 Å². The van der Waals surface area contributed by atoms with Crippen LogP contribution in [-0.2, 0) is 29.9 Å². The van der Waals surface area contributed by atoms with Crippen molar-refractivity contribution in [2.75, 3.05) is 7.11 Å². The van der Waals surface area contributed by atoms with Gasteiger partial charge in [-0.3, -0.25) is 4.68 Å². The second kappa shape index (κ2) is 6.89. The van der Waals surface area contributed by atoms with Crippen molar-refractivity contribution >= 4 is 10.0 Å². The Hall–Kier alpha value is -1.93. The molecule has 0 amide bonds. The first-order valence-electron chi connectivity index (χ1n) is 6.87. The molecular weight excluding hydrogens is 304 g/mol. The van der Waals surface area contributed by atoms with E-state index in [0.717, 1.165) is 11.3 Å². The molecule has 0 aliphatic heterocycles. The van der Waals surface area contributed by atoms with Crippen LogP contribution in [0.3, 0.4) is 0 Å². The van der Waals surface area contributed by atoms with Gasteiger partial charge in [-0.05, 0) is 30.5 Å². The first-order valence-corrected chi connectivity index (χ1v) is 8.48. The van der Waals surface area contributed by atoms with Crippen molar-refractivity contribution in [2.24, 2.45) is 12.2 Å². The highest BCUT2D eigenvalue weighted by atomic mass is 32.2. The van der Waals surface area contributed by atoms with Gasteiger partial charge < -0.3 is 4.74 Å². The number of sulfonamides is 1. The Morgan fingerprint density at radius 1 is 1.32 bits per heavy atom. The Bertz CT molecular complexity index is 710. The third kappa shape index (κ3) is 4.28. The number of hydrogen-bond donors (Lipinski definition) is 1. The zero-order valence-electron chi connectivity index (χ0n) is 12.6. The summed E-state index contributed by atoms with van der Waals surface area (Å²) in [7, 11) is -0.314. The van der Waals surface area contributed by atoms with E-state index in [-0.39, 0.29) is 6.42 Å². The lowest BCUT2D eigenvalue weighted by atomic mass is 10.1. The van der Waals surface area contributed by atoms with Crippen molar-refractivity contribution in [3.63, 3.8) is 0 Å². The topological polar surface area (TPSA) is 100 Å². The third-order valence-corrected chi connectivity index (χ3v) is 4.93. The maximum Gasteiger partial charge on any atom is 0.212 e. The van der Waals surface area contributed by atoms with Crippen molar-refractivity contribution in [1.82, 2.24) is 14.8 Å². The molecule has 0 bridgehead atoms. The largest absolute Gasteiger partial charge is 0.497 e. The van der Waals surface area contributed by atoms with Gasteiger partial charge in [0.1, 0.15) is 17.9 Å². The Morgan fingerprint density at radius 2 is 2.00 bits per heavy atom. The number of benzene rings is 1. The van der Waals surface area contributed by atoms with Gasteiger partial charge in [-0.1, -0.05) is 12.1 Å². The highest BCUT2D eigenvalue weighted by Gasteiger charge is 2.23. The van der Waals surface area contributed by atoms with Crippen molar-refractivity contribution in [3.05, 3.63) is 42.0 Å². The highest BCUT2D eigenvalue weighted by molar-refractivity contribution is 7.89. The summed E-state index contributed by atoms with van der Waals surface area (Å²) in [5.41, 5.74) is 1.03. The molecular formula is C14H20N4O3S. The van der Waals surface area contributed by atoms with Crippen LogP contribution in [0.2, 0.25) is 0 Å².